The summed E-state index contributed by atoms with van der Waals surface area (Å²) in [7, 11) is 0. The van der Waals surface area contributed by atoms with Gasteiger partial charge in [-0.1, -0.05) is 25.1 Å². The number of rotatable bonds is 3. The maximum Gasteiger partial charge on any atom is 0.151 e. The Labute approximate surface area is 111 Å². The third kappa shape index (κ3) is 1.75. The summed E-state index contributed by atoms with van der Waals surface area (Å²) in [6, 6.07) is 13.1. The summed E-state index contributed by atoms with van der Waals surface area (Å²) in [5, 5.41) is 2.11. The molecule has 0 radical (unpaired) electrons. The highest BCUT2D eigenvalue weighted by Crippen LogP contribution is 2.31. The molecular weight excluding hydrogens is 240 g/mol. The molecule has 0 bridgehead atoms. The summed E-state index contributed by atoms with van der Waals surface area (Å²) in [5.41, 5.74) is 2.32. The van der Waals surface area contributed by atoms with Gasteiger partial charge in [0.25, 0.3) is 0 Å². The van der Waals surface area contributed by atoms with Gasteiger partial charge in [-0.15, -0.1) is 11.3 Å². The van der Waals surface area contributed by atoms with Crippen molar-refractivity contribution in [3.05, 3.63) is 41.8 Å². The topological polar surface area (TPSA) is 17.8 Å². The van der Waals surface area contributed by atoms with E-state index < -0.39 is 0 Å². The van der Waals surface area contributed by atoms with Crippen LogP contribution in [0.15, 0.2) is 41.8 Å². The molecule has 0 saturated carbocycles. The van der Waals surface area contributed by atoms with Crippen molar-refractivity contribution in [2.75, 3.05) is 0 Å². The maximum absolute atomic E-state index is 4.80. The average molecular weight is 256 g/mol. The van der Waals surface area contributed by atoms with Gasteiger partial charge in [0, 0.05) is 6.04 Å². The van der Waals surface area contributed by atoms with E-state index in [0.29, 0.717) is 6.04 Å². The van der Waals surface area contributed by atoms with Crippen molar-refractivity contribution in [2.45, 2.75) is 26.3 Å². The van der Waals surface area contributed by atoms with E-state index >= 15 is 0 Å². The molecule has 2 nitrogen and oxygen atoms in total. The molecule has 92 valence electrons. The quantitative estimate of drug-likeness (QED) is 0.662. The Morgan fingerprint density at radius 1 is 1.22 bits per heavy atom. The zero-order valence-corrected chi connectivity index (χ0v) is 11.4. The molecule has 1 atom stereocenters. The van der Waals surface area contributed by atoms with Crippen LogP contribution in [-0.4, -0.2) is 9.55 Å². The first kappa shape index (κ1) is 11.5. The Morgan fingerprint density at radius 2 is 2.06 bits per heavy atom. The van der Waals surface area contributed by atoms with Crippen LogP contribution in [0.1, 0.15) is 26.3 Å². The molecule has 0 saturated heterocycles. The van der Waals surface area contributed by atoms with Gasteiger partial charge < -0.3 is 4.57 Å². The van der Waals surface area contributed by atoms with Gasteiger partial charge in [0.1, 0.15) is 0 Å². The minimum Gasteiger partial charge on any atom is -0.320 e. The highest BCUT2D eigenvalue weighted by Gasteiger charge is 2.16. The highest BCUT2D eigenvalue weighted by atomic mass is 32.1. The fraction of sp³-hybridized carbons (Fsp3) is 0.267. The van der Waals surface area contributed by atoms with Crippen LogP contribution in [0.4, 0.5) is 0 Å². The molecule has 1 unspecified atom stereocenters. The molecule has 18 heavy (non-hydrogen) atoms. The van der Waals surface area contributed by atoms with Gasteiger partial charge in [-0.25, -0.2) is 4.98 Å². The standard InChI is InChI=1S/C15H16N2S/c1-3-11(2)17-13-8-5-4-7-12(13)16-15(17)14-9-6-10-18-14/h4-11H,3H2,1-2H3. The number of thiophene rings is 1. The summed E-state index contributed by atoms with van der Waals surface area (Å²) >= 11 is 1.75. The van der Waals surface area contributed by atoms with Crippen molar-refractivity contribution in [1.29, 1.82) is 0 Å². The third-order valence-electron chi connectivity index (χ3n) is 3.37. The molecular formula is C15H16N2S. The van der Waals surface area contributed by atoms with Crippen LogP contribution < -0.4 is 0 Å². The van der Waals surface area contributed by atoms with Crippen LogP contribution in [0.2, 0.25) is 0 Å². The lowest BCUT2D eigenvalue weighted by molar-refractivity contribution is 0.550. The molecule has 2 aromatic heterocycles. The summed E-state index contributed by atoms with van der Waals surface area (Å²) < 4.78 is 2.36. The molecule has 0 spiro atoms. The van der Waals surface area contributed by atoms with Crippen molar-refractivity contribution in [2.24, 2.45) is 0 Å². The SMILES string of the molecule is CCC(C)n1c(-c2cccs2)nc2ccccc21. The fourth-order valence-corrected chi connectivity index (χ4v) is 2.96. The lowest BCUT2D eigenvalue weighted by Gasteiger charge is -2.15. The number of nitrogens with zero attached hydrogens (tertiary/aromatic N) is 2. The van der Waals surface area contributed by atoms with E-state index in [-0.39, 0.29) is 0 Å². The lowest BCUT2D eigenvalue weighted by atomic mass is 10.2. The highest BCUT2D eigenvalue weighted by molar-refractivity contribution is 7.13. The number of benzene rings is 1. The van der Waals surface area contributed by atoms with Crippen molar-refractivity contribution in [3.8, 4) is 10.7 Å². The Morgan fingerprint density at radius 3 is 2.78 bits per heavy atom. The normalized spacial score (nSPS) is 13.0. The minimum absolute atomic E-state index is 0.467. The summed E-state index contributed by atoms with van der Waals surface area (Å²) in [6.07, 6.45) is 1.11. The van der Waals surface area contributed by atoms with Crippen molar-refractivity contribution in [1.82, 2.24) is 9.55 Å². The number of para-hydroxylation sites is 2. The summed E-state index contributed by atoms with van der Waals surface area (Å²) in [5.74, 6) is 1.10. The Balaban J connectivity index is 2.30. The lowest BCUT2D eigenvalue weighted by Crippen LogP contribution is -2.05. The Hall–Kier alpha value is -1.61. The second-order valence-corrected chi connectivity index (χ2v) is 5.48. The van der Waals surface area contributed by atoms with Gasteiger partial charge in [0.15, 0.2) is 5.82 Å². The predicted octanol–water partition coefficient (Wildman–Crippen LogP) is 4.74. The van der Waals surface area contributed by atoms with E-state index in [2.05, 4.69) is 60.2 Å². The number of imidazole rings is 1. The first-order valence-corrected chi connectivity index (χ1v) is 7.20. The smallest absolute Gasteiger partial charge is 0.151 e. The minimum atomic E-state index is 0.467. The largest absolute Gasteiger partial charge is 0.320 e. The van der Waals surface area contributed by atoms with Crippen LogP contribution in [0, 0.1) is 0 Å². The van der Waals surface area contributed by atoms with Crippen molar-refractivity contribution >= 4 is 22.4 Å². The molecule has 0 aliphatic heterocycles. The second kappa shape index (κ2) is 4.58. The molecule has 2 heterocycles. The molecule has 1 aromatic carbocycles. The van der Waals surface area contributed by atoms with E-state index in [1.165, 1.54) is 10.4 Å². The van der Waals surface area contributed by atoms with Gasteiger partial charge in [0.2, 0.25) is 0 Å². The molecule has 0 aliphatic rings. The van der Waals surface area contributed by atoms with E-state index in [9.17, 15) is 0 Å². The van der Waals surface area contributed by atoms with E-state index in [1.807, 2.05) is 0 Å². The first-order chi connectivity index (χ1) is 8.81. The first-order valence-electron chi connectivity index (χ1n) is 6.32. The van der Waals surface area contributed by atoms with Crippen molar-refractivity contribution < 1.29 is 0 Å². The Bertz CT molecular complexity index is 652. The van der Waals surface area contributed by atoms with Gasteiger partial charge in [-0.3, -0.25) is 0 Å². The number of hydrogen-bond acceptors (Lipinski definition) is 2. The second-order valence-electron chi connectivity index (χ2n) is 4.53. The molecule has 3 rings (SSSR count). The molecule has 0 fully saturated rings. The van der Waals surface area contributed by atoms with E-state index in [0.717, 1.165) is 17.8 Å². The summed E-state index contributed by atoms with van der Waals surface area (Å²) in [4.78, 5) is 6.04. The maximum atomic E-state index is 4.80. The zero-order chi connectivity index (χ0) is 12.5. The van der Waals surface area contributed by atoms with Gasteiger partial charge in [-0.05, 0) is 36.9 Å². The van der Waals surface area contributed by atoms with Crippen LogP contribution in [0.5, 0.6) is 0 Å². The van der Waals surface area contributed by atoms with E-state index in [4.69, 9.17) is 4.98 Å². The van der Waals surface area contributed by atoms with Crippen LogP contribution in [0.3, 0.4) is 0 Å². The van der Waals surface area contributed by atoms with Gasteiger partial charge in [0.05, 0.1) is 15.9 Å². The average Bonchev–Trinajstić information content (AvgIpc) is 3.04. The monoisotopic (exact) mass is 256 g/mol. The third-order valence-corrected chi connectivity index (χ3v) is 4.23. The number of fused-ring (bicyclic) bond motifs is 1. The fourth-order valence-electron chi connectivity index (χ4n) is 2.25. The Kier molecular flexibility index (Phi) is 2.92. The molecule has 0 amide bonds. The van der Waals surface area contributed by atoms with E-state index in [1.54, 1.807) is 11.3 Å². The van der Waals surface area contributed by atoms with Crippen LogP contribution in [0.25, 0.3) is 21.7 Å². The van der Waals surface area contributed by atoms with Crippen molar-refractivity contribution in [3.63, 3.8) is 0 Å². The molecule has 0 aliphatic carbocycles. The predicted molar refractivity (Wildman–Crippen MR) is 78.0 cm³/mol. The van der Waals surface area contributed by atoms with Crippen LogP contribution in [-0.2, 0) is 0 Å². The zero-order valence-electron chi connectivity index (χ0n) is 10.6. The molecule has 0 N–H and O–H groups in total. The molecule has 3 heteroatoms. The van der Waals surface area contributed by atoms with Crippen LogP contribution >= 0.6 is 11.3 Å². The van der Waals surface area contributed by atoms with Gasteiger partial charge >= 0.3 is 0 Å². The summed E-state index contributed by atoms with van der Waals surface area (Å²) in [6.45, 7) is 4.48. The molecule has 3 aromatic rings. The number of aromatic nitrogens is 2. The number of hydrogen-bond donors (Lipinski definition) is 0. The van der Waals surface area contributed by atoms with Gasteiger partial charge in [-0.2, -0.15) is 0 Å².